The summed E-state index contributed by atoms with van der Waals surface area (Å²) in [4.78, 5) is 15.4. The van der Waals surface area contributed by atoms with Crippen molar-refractivity contribution in [2.45, 2.75) is 24.7 Å². The number of rotatable bonds is 2. The molecule has 1 aromatic rings. The van der Waals surface area contributed by atoms with E-state index in [1.54, 1.807) is 5.38 Å². The summed E-state index contributed by atoms with van der Waals surface area (Å²) >= 11 is 1.37. The number of carbonyl (C=O) groups excluding carboxylic acids is 1. The van der Waals surface area contributed by atoms with Gasteiger partial charge in [0.1, 0.15) is 10.4 Å². The Morgan fingerprint density at radius 2 is 2.47 bits per heavy atom. The van der Waals surface area contributed by atoms with Crippen LogP contribution < -0.4 is 0 Å². The van der Waals surface area contributed by atoms with Gasteiger partial charge in [0.15, 0.2) is 5.69 Å². The van der Waals surface area contributed by atoms with E-state index in [2.05, 4.69) is 15.8 Å². The maximum absolute atomic E-state index is 11.2. The second-order valence-electron chi connectivity index (χ2n) is 3.58. The van der Waals surface area contributed by atoms with Crippen LogP contribution in [-0.2, 0) is 10.2 Å². The quantitative estimate of drug-likeness (QED) is 0.717. The van der Waals surface area contributed by atoms with Crippen LogP contribution in [0.25, 0.3) is 0 Å². The lowest BCUT2D eigenvalue weighted by Gasteiger charge is -2.32. The molecule has 1 aliphatic carbocycles. The highest BCUT2D eigenvalue weighted by Crippen LogP contribution is 2.44. The molecule has 0 spiro atoms. The lowest BCUT2D eigenvalue weighted by molar-refractivity contribution is 0.0594. The number of thiazole rings is 1. The molecule has 15 heavy (non-hydrogen) atoms. The first kappa shape index (κ1) is 10.1. The van der Waals surface area contributed by atoms with Crippen LogP contribution in [0.1, 0.15) is 34.8 Å². The number of hydrogen-bond donors (Lipinski definition) is 0. The van der Waals surface area contributed by atoms with Gasteiger partial charge in [-0.1, -0.05) is 0 Å². The smallest absolute Gasteiger partial charge is 0.357 e. The normalized spacial score (nSPS) is 17.6. The Balaban J connectivity index is 2.28. The molecule has 1 heterocycles. The molecule has 1 aliphatic rings. The van der Waals surface area contributed by atoms with Gasteiger partial charge >= 0.3 is 5.97 Å². The number of nitriles is 1. The highest BCUT2D eigenvalue weighted by Gasteiger charge is 2.42. The van der Waals surface area contributed by atoms with Crippen molar-refractivity contribution in [2.75, 3.05) is 7.11 Å². The molecule has 2 rings (SSSR count). The fourth-order valence-electron chi connectivity index (χ4n) is 1.60. The van der Waals surface area contributed by atoms with Gasteiger partial charge in [-0.15, -0.1) is 11.3 Å². The lowest BCUT2D eigenvalue weighted by Crippen LogP contribution is -2.32. The number of hydrogen-bond acceptors (Lipinski definition) is 5. The Morgan fingerprint density at radius 3 is 2.93 bits per heavy atom. The van der Waals surface area contributed by atoms with E-state index in [0.29, 0.717) is 5.69 Å². The average molecular weight is 222 g/mol. The van der Waals surface area contributed by atoms with Gasteiger partial charge in [0.25, 0.3) is 0 Å². The molecule has 0 N–H and O–H groups in total. The van der Waals surface area contributed by atoms with Crippen molar-refractivity contribution < 1.29 is 9.53 Å². The molecule has 5 heteroatoms. The van der Waals surface area contributed by atoms with Crippen LogP contribution in [0.2, 0.25) is 0 Å². The van der Waals surface area contributed by atoms with Gasteiger partial charge in [-0.2, -0.15) is 5.26 Å². The van der Waals surface area contributed by atoms with E-state index in [1.807, 2.05) is 0 Å². The van der Waals surface area contributed by atoms with E-state index >= 15 is 0 Å². The molecule has 0 saturated heterocycles. The molecule has 1 fully saturated rings. The molecule has 0 aliphatic heterocycles. The third-order valence-corrected chi connectivity index (χ3v) is 3.78. The van der Waals surface area contributed by atoms with Gasteiger partial charge in [-0.05, 0) is 19.3 Å². The topological polar surface area (TPSA) is 63.0 Å². The lowest BCUT2D eigenvalue weighted by atomic mass is 9.70. The zero-order valence-electron chi connectivity index (χ0n) is 8.32. The van der Waals surface area contributed by atoms with E-state index in [4.69, 9.17) is 5.26 Å². The van der Waals surface area contributed by atoms with Crippen molar-refractivity contribution in [3.63, 3.8) is 0 Å². The maximum atomic E-state index is 11.2. The fourth-order valence-corrected chi connectivity index (χ4v) is 2.59. The van der Waals surface area contributed by atoms with Crippen molar-refractivity contribution in [1.82, 2.24) is 4.98 Å². The maximum Gasteiger partial charge on any atom is 0.357 e. The monoisotopic (exact) mass is 222 g/mol. The number of carbonyl (C=O) groups is 1. The molecule has 1 aromatic heterocycles. The van der Waals surface area contributed by atoms with E-state index in [1.165, 1.54) is 18.4 Å². The van der Waals surface area contributed by atoms with E-state index < -0.39 is 11.4 Å². The van der Waals surface area contributed by atoms with Crippen molar-refractivity contribution in [1.29, 1.82) is 5.26 Å². The number of esters is 1. The Hall–Kier alpha value is -1.41. The Labute approximate surface area is 91.5 Å². The first-order chi connectivity index (χ1) is 7.22. The molecule has 0 aromatic carbocycles. The molecular weight excluding hydrogens is 212 g/mol. The Morgan fingerprint density at radius 1 is 1.73 bits per heavy atom. The van der Waals surface area contributed by atoms with E-state index in [-0.39, 0.29) is 0 Å². The highest BCUT2D eigenvalue weighted by atomic mass is 32.1. The minimum Gasteiger partial charge on any atom is -0.464 e. The van der Waals surface area contributed by atoms with Gasteiger partial charge in [0.05, 0.1) is 13.2 Å². The molecule has 0 atom stereocenters. The summed E-state index contributed by atoms with van der Waals surface area (Å²) < 4.78 is 4.57. The minimum absolute atomic E-state index is 0.305. The first-order valence-corrected chi connectivity index (χ1v) is 5.55. The summed E-state index contributed by atoms with van der Waals surface area (Å²) in [5, 5.41) is 11.5. The van der Waals surface area contributed by atoms with Gasteiger partial charge in [-0.3, -0.25) is 0 Å². The van der Waals surface area contributed by atoms with E-state index in [0.717, 1.165) is 24.3 Å². The summed E-state index contributed by atoms with van der Waals surface area (Å²) in [6.07, 6.45) is 2.75. The van der Waals surface area contributed by atoms with Gasteiger partial charge < -0.3 is 4.74 Å². The van der Waals surface area contributed by atoms with Crippen LogP contribution in [0, 0.1) is 11.3 Å². The molecule has 0 bridgehead atoms. The number of methoxy groups -OCH3 is 1. The fraction of sp³-hybridized carbons (Fsp3) is 0.500. The largest absolute Gasteiger partial charge is 0.464 e. The van der Waals surface area contributed by atoms with E-state index in [9.17, 15) is 4.79 Å². The summed E-state index contributed by atoms with van der Waals surface area (Å²) in [6.45, 7) is 0. The summed E-state index contributed by atoms with van der Waals surface area (Å²) in [6, 6.07) is 2.30. The standard InChI is InChI=1S/C10H10N2O2S/c1-14-8(13)7-5-15-9(12-7)10(6-11)3-2-4-10/h5H,2-4H2,1H3. The second-order valence-corrected chi connectivity index (χ2v) is 4.44. The SMILES string of the molecule is COC(=O)c1csc(C2(C#N)CCC2)n1. The van der Waals surface area contributed by atoms with Crippen molar-refractivity contribution in [3.05, 3.63) is 16.1 Å². The number of nitrogens with zero attached hydrogens (tertiary/aromatic N) is 2. The number of ether oxygens (including phenoxy) is 1. The molecule has 78 valence electrons. The van der Waals surface area contributed by atoms with Crippen molar-refractivity contribution in [3.8, 4) is 6.07 Å². The van der Waals surface area contributed by atoms with Crippen LogP contribution in [0.3, 0.4) is 0 Å². The van der Waals surface area contributed by atoms with Crippen LogP contribution >= 0.6 is 11.3 Å². The molecule has 1 saturated carbocycles. The summed E-state index contributed by atoms with van der Waals surface area (Å²) in [7, 11) is 1.32. The molecule has 0 radical (unpaired) electrons. The Bertz CT molecular complexity index is 429. The Kier molecular flexibility index (Phi) is 2.45. The first-order valence-electron chi connectivity index (χ1n) is 4.67. The predicted molar refractivity (Wildman–Crippen MR) is 54.6 cm³/mol. The van der Waals surface area contributed by atoms with Crippen molar-refractivity contribution in [2.24, 2.45) is 0 Å². The van der Waals surface area contributed by atoms with Crippen molar-refractivity contribution >= 4 is 17.3 Å². The summed E-state index contributed by atoms with van der Waals surface area (Å²) in [5.41, 5.74) is -0.129. The number of aromatic nitrogens is 1. The molecule has 0 unspecified atom stereocenters. The summed E-state index contributed by atoms with van der Waals surface area (Å²) in [5.74, 6) is -0.440. The zero-order chi connectivity index (χ0) is 10.9. The molecule has 0 amide bonds. The van der Waals surface area contributed by atoms with Crippen LogP contribution in [-0.4, -0.2) is 18.1 Å². The zero-order valence-corrected chi connectivity index (χ0v) is 9.13. The highest BCUT2D eigenvalue weighted by molar-refractivity contribution is 7.10. The third kappa shape index (κ3) is 1.51. The van der Waals surface area contributed by atoms with Crippen LogP contribution in [0.4, 0.5) is 0 Å². The van der Waals surface area contributed by atoms with Gasteiger partial charge in [0.2, 0.25) is 0 Å². The third-order valence-electron chi connectivity index (χ3n) is 2.73. The van der Waals surface area contributed by atoms with Crippen LogP contribution in [0.15, 0.2) is 5.38 Å². The van der Waals surface area contributed by atoms with Gasteiger partial charge in [0, 0.05) is 5.38 Å². The predicted octanol–water partition coefficient (Wildman–Crippen LogP) is 1.87. The van der Waals surface area contributed by atoms with Crippen LogP contribution in [0.5, 0.6) is 0 Å². The molecule has 4 nitrogen and oxygen atoms in total. The second kappa shape index (κ2) is 3.63. The average Bonchev–Trinajstić information content (AvgIpc) is 2.65. The van der Waals surface area contributed by atoms with Gasteiger partial charge in [-0.25, -0.2) is 9.78 Å². The molecular formula is C10H10N2O2S. The minimum atomic E-state index is -0.440.